The van der Waals surface area contributed by atoms with Gasteiger partial charge in [-0.1, -0.05) is 31.9 Å². The fraction of sp³-hybridized carbons (Fsp3) is 0.583. The van der Waals surface area contributed by atoms with Gasteiger partial charge in [-0.05, 0) is 25.1 Å². The molecule has 0 saturated carbocycles. The lowest BCUT2D eigenvalue weighted by atomic mass is 10.1. The maximum Gasteiger partial charge on any atom is 0.0622 e. The van der Waals surface area contributed by atoms with Crippen molar-refractivity contribution in [2.45, 2.75) is 39.2 Å². The zero-order chi connectivity index (χ0) is 11.1. The van der Waals surface area contributed by atoms with E-state index in [1.807, 2.05) is 12.1 Å². The molecule has 0 aliphatic heterocycles. The van der Waals surface area contributed by atoms with Crippen molar-refractivity contribution >= 4 is 11.6 Å². The Bertz CT molecular complexity index is 283. The van der Waals surface area contributed by atoms with Crippen LogP contribution in [0.5, 0.6) is 0 Å². The van der Waals surface area contributed by atoms with E-state index in [1.165, 1.54) is 12.8 Å². The normalized spacial score (nSPS) is 12.7. The number of hydrogen-bond acceptors (Lipinski definition) is 2. The molecule has 1 heterocycles. The number of nitrogens with one attached hydrogen (secondary N) is 1. The number of rotatable bonds is 6. The third-order valence-corrected chi connectivity index (χ3v) is 2.75. The SMILES string of the molecule is CCCC(Cc1ncccc1Cl)NCC. The molecule has 1 rings (SSSR count). The van der Waals surface area contributed by atoms with Crippen molar-refractivity contribution in [1.29, 1.82) is 0 Å². The minimum absolute atomic E-state index is 0.493. The molecule has 1 aromatic heterocycles. The smallest absolute Gasteiger partial charge is 0.0622 e. The van der Waals surface area contributed by atoms with Gasteiger partial charge in [0.25, 0.3) is 0 Å². The van der Waals surface area contributed by atoms with Crippen LogP contribution in [0.4, 0.5) is 0 Å². The monoisotopic (exact) mass is 226 g/mol. The molecule has 0 aliphatic rings. The Morgan fingerprint density at radius 3 is 2.87 bits per heavy atom. The lowest BCUT2D eigenvalue weighted by molar-refractivity contribution is 0.482. The molecule has 2 nitrogen and oxygen atoms in total. The first-order valence-electron chi connectivity index (χ1n) is 5.60. The van der Waals surface area contributed by atoms with E-state index >= 15 is 0 Å². The average molecular weight is 227 g/mol. The largest absolute Gasteiger partial charge is 0.314 e. The second kappa shape index (κ2) is 6.81. The van der Waals surface area contributed by atoms with Crippen LogP contribution in [0.2, 0.25) is 5.02 Å². The summed E-state index contributed by atoms with van der Waals surface area (Å²) in [7, 11) is 0. The van der Waals surface area contributed by atoms with Gasteiger partial charge in [-0.15, -0.1) is 0 Å². The second-order valence-electron chi connectivity index (χ2n) is 3.68. The predicted molar refractivity (Wildman–Crippen MR) is 65.3 cm³/mol. The molecule has 1 atom stereocenters. The Morgan fingerprint density at radius 2 is 2.27 bits per heavy atom. The lowest BCUT2D eigenvalue weighted by Crippen LogP contribution is -2.31. The van der Waals surface area contributed by atoms with Gasteiger partial charge >= 0.3 is 0 Å². The summed E-state index contributed by atoms with van der Waals surface area (Å²) < 4.78 is 0. The first kappa shape index (κ1) is 12.5. The molecule has 1 N–H and O–H groups in total. The number of halogens is 1. The summed E-state index contributed by atoms with van der Waals surface area (Å²) >= 11 is 6.08. The molecule has 15 heavy (non-hydrogen) atoms. The predicted octanol–water partition coefficient (Wildman–Crippen LogP) is 3.06. The molecule has 1 unspecified atom stereocenters. The zero-order valence-electron chi connectivity index (χ0n) is 9.46. The van der Waals surface area contributed by atoms with Crippen LogP contribution >= 0.6 is 11.6 Å². The van der Waals surface area contributed by atoms with E-state index in [0.29, 0.717) is 6.04 Å². The molecule has 0 radical (unpaired) electrons. The van der Waals surface area contributed by atoms with Crippen LogP contribution in [0.3, 0.4) is 0 Å². The molecule has 0 spiro atoms. The van der Waals surface area contributed by atoms with Crippen LogP contribution in [0.15, 0.2) is 18.3 Å². The molecular weight excluding hydrogens is 208 g/mol. The van der Waals surface area contributed by atoms with Crippen LogP contribution < -0.4 is 5.32 Å². The highest BCUT2D eigenvalue weighted by molar-refractivity contribution is 6.31. The molecule has 0 aromatic carbocycles. The van der Waals surface area contributed by atoms with Crippen molar-refractivity contribution in [3.8, 4) is 0 Å². The van der Waals surface area contributed by atoms with Gasteiger partial charge in [0.2, 0.25) is 0 Å². The summed E-state index contributed by atoms with van der Waals surface area (Å²) in [5.74, 6) is 0. The second-order valence-corrected chi connectivity index (χ2v) is 4.09. The van der Waals surface area contributed by atoms with Crippen molar-refractivity contribution in [3.05, 3.63) is 29.0 Å². The third-order valence-electron chi connectivity index (χ3n) is 2.40. The Morgan fingerprint density at radius 1 is 1.47 bits per heavy atom. The Labute approximate surface area is 97.1 Å². The summed E-state index contributed by atoms with van der Waals surface area (Å²) in [6.45, 7) is 5.32. The molecule has 0 amide bonds. The van der Waals surface area contributed by atoms with Gasteiger partial charge < -0.3 is 5.32 Å². The number of aromatic nitrogens is 1. The van der Waals surface area contributed by atoms with Gasteiger partial charge in [0.1, 0.15) is 0 Å². The highest BCUT2D eigenvalue weighted by atomic mass is 35.5. The fourth-order valence-electron chi connectivity index (χ4n) is 1.72. The highest BCUT2D eigenvalue weighted by Gasteiger charge is 2.10. The molecule has 0 saturated heterocycles. The minimum atomic E-state index is 0.493. The van der Waals surface area contributed by atoms with E-state index in [4.69, 9.17) is 11.6 Å². The standard InChI is InChI=1S/C12H19ClN2/c1-3-6-10(14-4-2)9-12-11(13)7-5-8-15-12/h5,7-8,10,14H,3-4,6,9H2,1-2H3. The van der Waals surface area contributed by atoms with Crippen LogP contribution in [-0.4, -0.2) is 17.6 Å². The first-order valence-corrected chi connectivity index (χ1v) is 5.98. The number of likely N-dealkylation sites (N-methyl/N-ethyl adjacent to an activating group) is 1. The van der Waals surface area contributed by atoms with Gasteiger partial charge in [0.15, 0.2) is 0 Å². The highest BCUT2D eigenvalue weighted by Crippen LogP contribution is 2.15. The van der Waals surface area contributed by atoms with E-state index in [9.17, 15) is 0 Å². The Balaban J connectivity index is 2.60. The molecule has 0 aliphatic carbocycles. The van der Waals surface area contributed by atoms with E-state index in [0.717, 1.165) is 23.7 Å². The van der Waals surface area contributed by atoms with Gasteiger partial charge in [-0.3, -0.25) is 4.98 Å². The number of pyridine rings is 1. The summed E-state index contributed by atoms with van der Waals surface area (Å²) in [5.41, 5.74) is 0.999. The number of nitrogens with zero attached hydrogens (tertiary/aromatic N) is 1. The van der Waals surface area contributed by atoms with Crippen molar-refractivity contribution in [1.82, 2.24) is 10.3 Å². The molecule has 0 fully saturated rings. The maximum absolute atomic E-state index is 6.08. The van der Waals surface area contributed by atoms with Crippen LogP contribution in [-0.2, 0) is 6.42 Å². The maximum atomic E-state index is 6.08. The molecule has 84 valence electrons. The van der Waals surface area contributed by atoms with Crippen molar-refractivity contribution in [2.24, 2.45) is 0 Å². The van der Waals surface area contributed by atoms with E-state index in [-0.39, 0.29) is 0 Å². The Hall–Kier alpha value is -0.600. The summed E-state index contributed by atoms with van der Waals surface area (Å²) in [6.07, 6.45) is 5.07. The van der Waals surface area contributed by atoms with Crippen molar-refractivity contribution < 1.29 is 0 Å². The van der Waals surface area contributed by atoms with Crippen molar-refractivity contribution in [3.63, 3.8) is 0 Å². The molecular formula is C12H19ClN2. The molecule has 0 bridgehead atoms. The summed E-state index contributed by atoms with van der Waals surface area (Å²) in [6, 6.07) is 4.26. The van der Waals surface area contributed by atoms with Crippen LogP contribution in [0.1, 0.15) is 32.4 Å². The zero-order valence-corrected chi connectivity index (χ0v) is 10.2. The van der Waals surface area contributed by atoms with Gasteiger partial charge in [0.05, 0.1) is 10.7 Å². The van der Waals surface area contributed by atoms with E-state index in [2.05, 4.69) is 24.1 Å². The summed E-state index contributed by atoms with van der Waals surface area (Å²) in [4.78, 5) is 4.31. The third kappa shape index (κ3) is 4.18. The first-order chi connectivity index (χ1) is 7.27. The molecule has 3 heteroatoms. The average Bonchev–Trinajstić information content (AvgIpc) is 2.22. The minimum Gasteiger partial charge on any atom is -0.314 e. The van der Waals surface area contributed by atoms with Crippen LogP contribution in [0, 0.1) is 0 Å². The Kier molecular flexibility index (Phi) is 5.66. The van der Waals surface area contributed by atoms with E-state index < -0.39 is 0 Å². The topological polar surface area (TPSA) is 24.9 Å². The molecule has 1 aromatic rings. The lowest BCUT2D eigenvalue weighted by Gasteiger charge is -2.16. The van der Waals surface area contributed by atoms with Crippen molar-refractivity contribution in [2.75, 3.05) is 6.54 Å². The van der Waals surface area contributed by atoms with Crippen LogP contribution in [0.25, 0.3) is 0 Å². The van der Waals surface area contributed by atoms with Gasteiger partial charge in [0, 0.05) is 18.7 Å². The quantitative estimate of drug-likeness (QED) is 0.807. The van der Waals surface area contributed by atoms with Gasteiger partial charge in [-0.2, -0.15) is 0 Å². The van der Waals surface area contributed by atoms with E-state index in [1.54, 1.807) is 6.20 Å². The summed E-state index contributed by atoms with van der Waals surface area (Å²) in [5, 5.41) is 4.24. The van der Waals surface area contributed by atoms with Gasteiger partial charge in [-0.25, -0.2) is 0 Å². The number of hydrogen-bond donors (Lipinski definition) is 1. The fourth-order valence-corrected chi connectivity index (χ4v) is 1.91.